The Kier molecular flexibility index (Phi) is 7.38. The minimum absolute atomic E-state index is 0.0617. The third-order valence-electron chi connectivity index (χ3n) is 6.18. The summed E-state index contributed by atoms with van der Waals surface area (Å²) < 4.78 is 2.29. The number of hydrogen-bond donors (Lipinski definition) is 1. The number of aryl methyl sites for hydroxylation is 1. The monoisotopic (exact) mass is 485 g/mol. The van der Waals surface area contributed by atoms with Gasteiger partial charge in [0.2, 0.25) is 5.91 Å². The van der Waals surface area contributed by atoms with Crippen LogP contribution in [-0.2, 0) is 11.3 Å². The number of fused-ring (bicyclic) bond motifs is 1. The number of benzene rings is 1. The lowest BCUT2D eigenvalue weighted by molar-refractivity contribution is -0.113. The van der Waals surface area contributed by atoms with Gasteiger partial charge in [-0.25, -0.2) is 4.98 Å². The number of aromatic nitrogens is 3. The van der Waals surface area contributed by atoms with Gasteiger partial charge in [0.1, 0.15) is 4.70 Å². The zero-order valence-electron chi connectivity index (χ0n) is 19.7. The second-order valence-corrected chi connectivity index (χ2v) is 10.7. The number of anilines is 2. The zero-order valence-corrected chi connectivity index (χ0v) is 21.3. The number of thiazole rings is 1. The predicted molar refractivity (Wildman–Crippen MR) is 138 cm³/mol. The summed E-state index contributed by atoms with van der Waals surface area (Å²) in [5, 5.41) is 4.40. The molecule has 3 heterocycles. The summed E-state index contributed by atoms with van der Waals surface area (Å²) in [5.41, 5.74) is 3.43. The first-order valence-corrected chi connectivity index (χ1v) is 13.3. The lowest BCUT2D eigenvalue weighted by atomic mass is 10.00. The van der Waals surface area contributed by atoms with Crippen molar-refractivity contribution in [3.63, 3.8) is 0 Å². The molecule has 0 aliphatic carbocycles. The van der Waals surface area contributed by atoms with Gasteiger partial charge in [-0.15, -0.1) is 0 Å². The van der Waals surface area contributed by atoms with Gasteiger partial charge in [-0.2, -0.15) is 4.98 Å². The number of thioether (sulfide) groups is 1. The molecule has 33 heavy (non-hydrogen) atoms. The Bertz CT molecular complexity index is 1210. The molecule has 0 atom stereocenters. The van der Waals surface area contributed by atoms with E-state index in [-0.39, 0.29) is 17.2 Å². The van der Waals surface area contributed by atoms with Crippen LogP contribution < -0.4 is 15.8 Å². The SMILES string of the molecule is CCCn1c(SCC(=O)Nc2cccc(C)c2C)nc2nc(N3CCC(C)CC3)sc2c1=O. The normalized spacial score (nSPS) is 14.7. The first-order valence-electron chi connectivity index (χ1n) is 11.5. The Morgan fingerprint density at radius 3 is 2.73 bits per heavy atom. The quantitative estimate of drug-likeness (QED) is 0.381. The summed E-state index contributed by atoms with van der Waals surface area (Å²) in [6, 6.07) is 5.86. The molecular formula is C24H31N5O2S2. The van der Waals surface area contributed by atoms with E-state index in [4.69, 9.17) is 9.97 Å². The van der Waals surface area contributed by atoms with E-state index in [1.54, 1.807) is 4.57 Å². The molecule has 4 rings (SSSR count). The van der Waals surface area contributed by atoms with Gasteiger partial charge in [-0.1, -0.05) is 49.1 Å². The summed E-state index contributed by atoms with van der Waals surface area (Å²) in [6.45, 7) is 10.8. The number of rotatable bonds is 7. The Morgan fingerprint density at radius 1 is 1.24 bits per heavy atom. The van der Waals surface area contributed by atoms with Gasteiger partial charge in [0.15, 0.2) is 15.9 Å². The molecular weight excluding hydrogens is 454 g/mol. The van der Waals surface area contributed by atoms with Crippen molar-refractivity contribution < 1.29 is 4.79 Å². The number of nitrogens with one attached hydrogen (secondary N) is 1. The second kappa shape index (κ2) is 10.3. The number of amides is 1. The third kappa shape index (κ3) is 5.24. The lowest BCUT2D eigenvalue weighted by Gasteiger charge is -2.29. The highest BCUT2D eigenvalue weighted by Gasteiger charge is 2.22. The number of carbonyl (C=O) groups excluding carboxylic acids is 1. The van der Waals surface area contributed by atoms with Crippen molar-refractivity contribution in [1.29, 1.82) is 0 Å². The van der Waals surface area contributed by atoms with Gasteiger partial charge >= 0.3 is 0 Å². The highest BCUT2D eigenvalue weighted by Crippen LogP contribution is 2.30. The van der Waals surface area contributed by atoms with Crippen molar-refractivity contribution in [2.24, 2.45) is 5.92 Å². The number of carbonyl (C=O) groups is 1. The Balaban J connectivity index is 1.55. The van der Waals surface area contributed by atoms with Crippen LogP contribution in [-0.4, -0.2) is 39.3 Å². The fraction of sp³-hybridized carbons (Fsp3) is 0.500. The van der Waals surface area contributed by atoms with Crippen LogP contribution in [0.4, 0.5) is 10.8 Å². The van der Waals surface area contributed by atoms with Crippen LogP contribution in [0.5, 0.6) is 0 Å². The molecule has 7 nitrogen and oxygen atoms in total. The fourth-order valence-electron chi connectivity index (χ4n) is 3.95. The molecule has 0 unspecified atom stereocenters. The molecule has 1 aliphatic heterocycles. The topological polar surface area (TPSA) is 80.1 Å². The van der Waals surface area contributed by atoms with E-state index in [0.717, 1.165) is 60.2 Å². The van der Waals surface area contributed by atoms with Crippen molar-refractivity contribution in [2.45, 2.75) is 58.7 Å². The van der Waals surface area contributed by atoms with E-state index in [1.807, 2.05) is 39.0 Å². The molecule has 1 saturated heterocycles. The molecule has 1 N–H and O–H groups in total. The molecule has 1 fully saturated rings. The average Bonchev–Trinajstić information content (AvgIpc) is 3.22. The maximum absolute atomic E-state index is 13.3. The smallest absolute Gasteiger partial charge is 0.273 e. The molecule has 176 valence electrons. The van der Waals surface area contributed by atoms with Crippen LogP contribution in [0.2, 0.25) is 0 Å². The summed E-state index contributed by atoms with van der Waals surface area (Å²) in [4.78, 5) is 37.6. The van der Waals surface area contributed by atoms with E-state index < -0.39 is 0 Å². The summed E-state index contributed by atoms with van der Waals surface area (Å²) in [6.07, 6.45) is 3.09. The lowest BCUT2D eigenvalue weighted by Crippen LogP contribution is -2.32. The van der Waals surface area contributed by atoms with Gasteiger partial charge in [0, 0.05) is 25.3 Å². The van der Waals surface area contributed by atoms with Crippen LogP contribution in [0.1, 0.15) is 44.2 Å². The van der Waals surface area contributed by atoms with Gasteiger partial charge in [-0.3, -0.25) is 14.2 Å². The number of piperidine rings is 1. The van der Waals surface area contributed by atoms with Gasteiger partial charge in [0.25, 0.3) is 5.56 Å². The Labute approximate surface area is 202 Å². The minimum Gasteiger partial charge on any atom is -0.348 e. The Hall–Kier alpha value is -2.39. The molecule has 2 aromatic heterocycles. The van der Waals surface area contributed by atoms with Crippen LogP contribution in [0.3, 0.4) is 0 Å². The maximum Gasteiger partial charge on any atom is 0.273 e. The largest absolute Gasteiger partial charge is 0.348 e. The van der Waals surface area contributed by atoms with Gasteiger partial charge in [0.05, 0.1) is 5.75 Å². The van der Waals surface area contributed by atoms with Crippen molar-refractivity contribution >= 4 is 50.2 Å². The first kappa shape index (κ1) is 23.8. The first-order chi connectivity index (χ1) is 15.9. The van der Waals surface area contributed by atoms with E-state index in [1.165, 1.54) is 23.1 Å². The van der Waals surface area contributed by atoms with E-state index in [9.17, 15) is 9.59 Å². The molecule has 1 amide bonds. The summed E-state index contributed by atoms with van der Waals surface area (Å²) >= 11 is 2.73. The van der Waals surface area contributed by atoms with E-state index in [0.29, 0.717) is 22.0 Å². The van der Waals surface area contributed by atoms with Crippen LogP contribution >= 0.6 is 23.1 Å². The van der Waals surface area contributed by atoms with Crippen molar-refractivity contribution in [1.82, 2.24) is 14.5 Å². The fourth-order valence-corrected chi connectivity index (χ4v) is 5.77. The molecule has 0 radical (unpaired) electrons. The highest BCUT2D eigenvalue weighted by molar-refractivity contribution is 7.99. The predicted octanol–water partition coefficient (Wildman–Crippen LogP) is 4.85. The second-order valence-electron chi connectivity index (χ2n) is 8.75. The molecule has 3 aromatic rings. The molecule has 1 aromatic carbocycles. The zero-order chi connectivity index (χ0) is 23.5. The average molecular weight is 486 g/mol. The highest BCUT2D eigenvalue weighted by atomic mass is 32.2. The molecule has 0 spiro atoms. The standard InChI is InChI=1S/C24H31N5O2S2/c1-5-11-29-22(31)20-21(26-23(33-20)28-12-9-15(2)10-13-28)27-24(29)32-14-19(30)25-18-8-6-7-16(3)17(18)4/h6-8,15H,5,9-14H2,1-4H3,(H,25,30). The van der Waals surface area contributed by atoms with Crippen LogP contribution in [0, 0.1) is 19.8 Å². The minimum atomic E-state index is -0.118. The van der Waals surface area contributed by atoms with Crippen molar-refractivity contribution in [2.75, 3.05) is 29.1 Å². The van der Waals surface area contributed by atoms with Gasteiger partial charge < -0.3 is 10.2 Å². The van der Waals surface area contributed by atoms with E-state index in [2.05, 4.69) is 17.1 Å². The van der Waals surface area contributed by atoms with E-state index >= 15 is 0 Å². The maximum atomic E-state index is 13.3. The van der Waals surface area contributed by atoms with Crippen molar-refractivity contribution in [3.8, 4) is 0 Å². The van der Waals surface area contributed by atoms with Crippen LogP contribution in [0.15, 0.2) is 28.2 Å². The molecule has 0 bridgehead atoms. The molecule has 9 heteroatoms. The Morgan fingerprint density at radius 2 is 2.00 bits per heavy atom. The number of nitrogens with zero attached hydrogens (tertiary/aromatic N) is 4. The summed E-state index contributed by atoms with van der Waals surface area (Å²) in [5.74, 6) is 0.788. The molecule has 0 saturated carbocycles. The van der Waals surface area contributed by atoms with Crippen LogP contribution in [0.25, 0.3) is 10.3 Å². The third-order valence-corrected chi connectivity index (χ3v) is 8.25. The van der Waals surface area contributed by atoms with Gasteiger partial charge in [-0.05, 0) is 56.2 Å². The van der Waals surface area contributed by atoms with Crippen molar-refractivity contribution in [3.05, 3.63) is 39.7 Å². The summed E-state index contributed by atoms with van der Waals surface area (Å²) in [7, 11) is 0. The number of hydrogen-bond acceptors (Lipinski definition) is 7. The molecule has 1 aliphatic rings.